The van der Waals surface area contributed by atoms with Crippen LogP contribution in [0.4, 0.5) is 15.3 Å². The normalized spacial score (nSPS) is 10.8. The third kappa shape index (κ3) is 23.6. The Morgan fingerprint density at radius 2 is 1.02 bits per heavy atom. The third-order valence-electron chi connectivity index (χ3n) is 5.92. The predicted molar refractivity (Wildman–Crippen MR) is 204 cm³/mol. The smallest absolute Gasteiger partial charge is 0.407 e. The minimum atomic E-state index is -0.517. The zero-order valence-electron chi connectivity index (χ0n) is 30.9. The molecule has 0 aliphatic heterocycles. The van der Waals surface area contributed by atoms with Gasteiger partial charge in [-0.1, -0.05) is 31.8 Å². The molecule has 280 valence electrons. The number of halogens is 1. The van der Waals surface area contributed by atoms with Gasteiger partial charge in [0.05, 0.1) is 26.4 Å². The van der Waals surface area contributed by atoms with E-state index in [1.165, 1.54) is 0 Å². The van der Waals surface area contributed by atoms with Crippen LogP contribution in [0.15, 0.2) is 41.5 Å². The number of ether oxygens (including phenoxy) is 6. The molecule has 0 atom stereocenters. The number of rotatable bonds is 19. The van der Waals surface area contributed by atoms with E-state index in [9.17, 15) is 9.59 Å². The fourth-order valence-electron chi connectivity index (χ4n) is 3.74. The lowest BCUT2D eigenvalue weighted by molar-refractivity contribution is 0.0513. The molecule has 50 heavy (non-hydrogen) atoms. The van der Waals surface area contributed by atoms with Crippen LogP contribution in [0.5, 0.6) is 23.0 Å². The summed E-state index contributed by atoms with van der Waals surface area (Å²) in [7, 11) is 0. The van der Waals surface area contributed by atoms with Crippen LogP contribution < -0.4 is 29.6 Å². The molecule has 0 heterocycles. The highest BCUT2D eigenvalue weighted by atomic mass is 127. The molecule has 2 amide bonds. The van der Waals surface area contributed by atoms with E-state index in [2.05, 4.69) is 57.1 Å². The Labute approximate surface area is 311 Å². The standard InChI is InChI=1S/C18H28INO4.C18H28N4O4/c1-5-6-9-22-15-11-14(19)12-16(13-15)23-10-7-8-20-17(21)24-18(2,3)4;1-5-6-9-24-15-11-14(21-22-19)12-16(13-15)25-10-7-8-20-17(23)26-18(2,3)4/h11-13H,5-10H2,1-4H3,(H,20,21);11-13H,5-10H2,1-4H3,(H,20,23). The van der Waals surface area contributed by atoms with Crippen molar-refractivity contribution in [3.05, 3.63) is 50.4 Å². The van der Waals surface area contributed by atoms with Crippen molar-refractivity contribution >= 4 is 40.5 Å². The molecule has 14 heteroatoms. The predicted octanol–water partition coefficient (Wildman–Crippen LogP) is 9.86. The zero-order chi connectivity index (χ0) is 37.4. The summed E-state index contributed by atoms with van der Waals surface area (Å²) in [5.41, 5.74) is 8.06. The quantitative estimate of drug-likeness (QED) is 0.0466. The second-order valence-corrected chi connectivity index (χ2v) is 14.4. The zero-order valence-corrected chi connectivity index (χ0v) is 33.1. The molecule has 0 unspecified atom stereocenters. The largest absolute Gasteiger partial charge is 0.493 e. The van der Waals surface area contributed by atoms with Crippen molar-refractivity contribution in [2.45, 2.75) is 105 Å². The summed E-state index contributed by atoms with van der Waals surface area (Å²) in [6.45, 7) is 18.3. The van der Waals surface area contributed by atoms with Gasteiger partial charge in [0.25, 0.3) is 0 Å². The van der Waals surface area contributed by atoms with Crippen LogP contribution in [-0.2, 0) is 9.47 Å². The summed E-state index contributed by atoms with van der Waals surface area (Å²) in [5, 5.41) is 8.99. The Morgan fingerprint density at radius 1 is 0.660 bits per heavy atom. The van der Waals surface area contributed by atoms with E-state index in [1.54, 1.807) is 18.2 Å². The number of amides is 2. The molecule has 0 fully saturated rings. The van der Waals surface area contributed by atoms with Crippen molar-refractivity contribution in [2.24, 2.45) is 5.11 Å². The number of hydrogen-bond acceptors (Lipinski definition) is 9. The van der Waals surface area contributed by atoms with Gasteiger partial charge in [-0.15, -0.1) is 0 Å². The molecule has 2 aromatic rings. The van der Waals surface area contributed by atoms with E-state index >= 15 is 0 Å². The molecular formula is C36H56IN5O8. The monoisotopic (exact) mass is 813 g/mol. The molecule has 0 radical (unpaired) electrons. The Kier molecular flexibility index (Phi) is 21.6. The maximum atomic E-state index is 11.5. The SMILES string of the molecule is CCCCOc1cc(I)cc(OCCCNC(=O)OC(C)(C)C)c1.CCCCOc1cc(N=[N+]=[N-])cc(OCCCNC(=O)OC(C)(C)C)c1. The van der Waals surface area contributed by atoms with Gasteiger partial charge in [0.15, 0.2) is 0 Å². The minimum Gasteiger partial charge on any atom is -0.493 e. The number of carbonyl (C=O) groups excluding carboxylic acids is 2. The fraction of sp³-hybridized carbons (Fsp3) is 0.611. The molecule has 0 aromatic heterocycles. The van der Waals surface area contributed by atoms with Crippen molar-refractivity contribution in [3.8, 4) is 23.0 Å². The molecule has 0 aliphatic rings. The van der Waals surface area contributed by atoms with Gasteiger partial charge >= 0.3 is 12.2 Å². The second-order valence-electron chi connectivity index (χ2n) is 13.1. The van der Waals surface area contributed by atoms with E-state index in [0.717, 1.165) is 47.4 Å². The van der Waals surface area contributed by atoms with E-state index in [4.69, 9.17) is 34.0 Å². The number of azide groups is 1. The number of alkyl carbamates (subject to hydrolysis) is 2. The molecule has 0 spiro atoms. The first-order valence-corrected chi connectivity index (χ1v) is 18.2. The van der Waals surface area contributed by atoms with Crippen molar-refractivity contribution in [1.82, 2.24) is 10.6 Å². The van der Waals surface area contributed by atoms with Gasteiger partial charge in [0.2, 0.25) is 0 Å². The van der Waals surface area contributed by atoms with Gasteiger partial charge in [-0.2, -0.15) is 0 Å². The summed E-state index contributed by atoms with van der Waals surface area (Å²) in [5.74, 6) is 2.77. The molecular weight excluding hydrogens is 757 g/mol. The molecule has 0 saturated heterocycles. The summed E-state index contributed by atoms with van der Waals surface area (Å²) >= 11 is 2.25. The molecule has 0 bridgehead atoms. The number of benzene rings is 2. The summed E-state index contributed by atoms with van der Waals surface area (Å²) in [6, 6.07) is 10.9. The number of unbranched alkanes of at least 4 members (excludes halogenated alkanes) is 2. The molecule has 2 aromatic carbocycles. The first-order valence-electron chi connectivity index (χ1n) is 17.1. The lowest BCUT2D eigenvalue weighted by Gasteiger charge is -2.19. The lowest BCUT2D eigenvalue weighted by atomic mass is 10.2. The van der Waals surface area contributed by atoms with Crippen LogP contribution in [-0.4, -0.2) is 62.9 Å². The number of nitrogens with one attached hydrogen (secondary N) is 2. The highest BCUT2D eigenvalue weighted by Crippen LogP contribution is 2.29. The summed E-state index contributed by atoms with van der Waals surface area (Å²) in [4.78, 5) is 25.9. The Hall–Kier alpha value is -3.78. The van der Waals surface area contributed by atoms with Crippen LogP contribution >= 0.6 is 22.6 Å². The van der Waals surface area contributed by atoms with Gasteiger partial charge < -0.3 is 39.1 Å². The number of carbonyl (C=O) groups is 2. The van der Waals surface area contributed by atoms with Crippen LogP contribution in [0.2, 0.25) is 0 Å². The first-order chi connectivity index (χ1) is 23.6. The highest BCUT2D eigenvalue weighted by Gasteiger charge is 2.16. The first kappa shape index (κ1) is 44.2. The topological polar surface area (TPSA) is 162 Å². The molecule has 2 N–H and O–H groups in total. The van der Waals surface area contributed by atoms with E-state index in [0.29, 0.717) is 62.9 Å². The molecule has 0 saturated carbocycles. The van der Waals surface area contributed by atoms with Gasteiger partial charge in [-0.25, -0.2) is 9.59 Å². The van der Waals surface area contributed by atoms with E-state index in [-0.39, 0.29) is 0 Å². The Bertz CT molecular complexity index is 1340. The molecule has 0 aliphatic carbocycles. The minimum absolute atomic E-state index is 0.393. The lowest BCUT2D eigenvalue weighted by Crippen LogP contribution is -2.33. The Morgan fingerprint density at radius 3 is 1.36 bits per heavy atom. The van der Waals surface area contributed by atoms with Crippen LogP contribution in [0.3, 0.4) is 0 Å². The van der Waals surface area contributed by atoms with Gasteiger partial charge in [-0.3, -0.25) is 0 Å². The fourth-order valence-corrected chi connectivity index (χ4v) is 4.35. The average molecular weight is 814 g/mol. The van der Waals surface area contributed by atoms with Crippen molar-refractivity contribution in [3.63, 3.8) is 0 Å². The van der Waals surface area contributed by atoms with Crippen molar-refractivity contribution in [2.75, 3.05) is 39.5 Å². The maximum Gasteiger partial charge on any atom is 0.407 e. The van der Waals surface area contributed by atoms with Crippen molar-refractivity contribution < 1.29 is 38.0 Å². The van der Waals surface area contributed by atoms with Crippen molar-refractivity contribution in [1.29, 1.82) is 0 Å². The number of hydrogen-bond donors (Lipinski definition) is 2. The third-order valence-corrected chi connectivity index (χ3v) is 6.54. The van der Waals surface area contributed by atoms with Crippen LogP contribution in [0.25, 0.3) is 10.4 Å². The molecule has 13 nitrogen and oxygen atoms in total. The maximum absolute atomic E-state index is 11.5. The summed E-state index contributed by atoms with van der Waals surface area (Å²) in [6.07, 6.45) is 4.59. The highest BCUT2D eigenvalue weighted by molar-refractivity contribution is 14.1. The number of nitrogens with zero attached hydrogens (tertiary/aromatic N) is 3. The Balaban J connectivity index is 0.000000502. The van der Waals surface area contributed by atoms with Crippen LogP contribution in [0.1, 0.15) is 93.9 Å². The van der Waals surface area contributed by atoms with Gasteiger partial charge in [0.1, 0.15) is 34.2 Å². The second kappa shape index (κ2) is 24.4. The van der Waals surface area contributed by atoms with E-state index in [1.807, 2.05) is 59.7 Å². The van der Waals surface area contributed by atoms with E-state index < -0.39 is 23.4 Å². The summed E-state index contributed by atoms with van der Waals surface area (Å²) < 4.78 is 34.2. The average Bonchev–Trinajstić information content (AvgIpc) is 2.99. The van der Waals surface area contributed by atoms with Gasteiger partial charge in [0, 0.05) is 39.4 Å². The van der Waals surface area contributed by atoms with Crippen LogP contribution in [0, 0.1) is 3.57 Å². The molecule has 2 rings (SSSR count). The van der Waals surface area contributed by atoms with Gasteiger partial charge in [-0.05, 0) is 120 Å².